The van der Waals surface area contributed by atoms with Crippen LogP contribution in [0.5, 0.6) is 0 Å². The molecule has 0 bridgehead atoms. The summed E-state index contributed by atoms with van der Waals surface area (Å²) in [6.07, 6.45) is -4.46. The molecule has 0 aliphatic carbocycles. The first-order chi connectivity index (χ1) is 7.89. The highest BCUT2D eigenvalue weighted by atomic mass is 19.4. The monoisotopic (exact) mass is 244 g/mol. The van der Waals surface area contributed by atoms with Crippen LogP contribution >= 0.6 is 0 Å². The fourth-order valence-corrected chi connectivity index (χ4v) is 1.56. The van der Waals surface area contributed by atoms with Gasteiger partial charge in [0.1, 0.15) is 11.5 Å². The second-order valence-electron chi connectivity index (χ2n) is 3.58. The van der Waals surface area contributed by atoms with Gasteiger partial charge in [-0.2, -0.15) is 18.3 Å². The van der Waals surface area contributed by atoms with Crippen LogP contribution < -0.4 is 0 Å². The van der Waals surface area contributed by atoms with Crippen LogP contribution in [0.4, 0.5) is 17.6 Å². The van der Waals surface area contributed by atoms with Gasteiger partial charge in [-0.1, -0.05) is 0 Å². The average molecular weight is 244 g/mol. The van der Waals surface area contributed by atoms with Crippen LogP contribution in [-0.4, -0.2) is 10.2 Å². The number of benzene rings is 1. The van der Waals surface area contributed by atoms with Gasteiger partial charge in [-0.3, -0.25) is 5.10 Å². The molecule has 0 aliphatic rings. The van der Waals surface area contributed by atoms with Crippen molar-refractivity contribution < 1.29 is 17.6 Å². The van der Waals surface area contributed by atoms with Gasteiger partial charge < -0.3 is 0 Å². The third-order valence-corrected chi connectivity index (χ3v) is 2.41. The van der Waals surface area contributed by atoms with E-state index in [1.54, 1.807) is 0 Å². The van der Waals surface area contributed by atoms with Gasteiger partial charge in [0, 0.05) is 11.1 Å². The molecule has 2 aromatic rings. The predicted molar refractivity (Wildman–Crippen MR) is 53.7 cm³/mol. The smallest absolute Gasteiger partial charge is 0.273 e. The Morgan fingerprint density at radius 3 is 2.18 bits per heavy atom. The lowest BCUT2D eigenvalue weighted by Gasteiger charge is -2.04. The number of hydrogen-bond acceptors (Lipinski definition) is 1. The summed E-state index contributed by atoms with van der Waals surface area (Å²) in [7, 11) is 0. The van der Waals surface area contributed by atoms with Crippen molar-refractivity contribution >= 4 is 0 Å². The summed E-state index contributed by atoms with van der Waals surface area (Å²) in [4.78, 5) is 0. The lowest BCUT2D eigenvalue weighted by molar-refractivity contribution is -0.141. The molecule has 90 valence electrons. The molecule has 0 aliphatic heterocycles. The molecule has 6 heteroatoms. The summed E-state index contributed by atoms with van der Waals surface area (Å²) in [6.45, 7) is 1.32. The molecule has 1 aromatic carbocycles. The van der Waals surface area contributed by atoms with E-state index in [-0.39, 0.29) is 11.3 Å². The second-order valence-corrected chi connectivity index (χ2v) is 3.58. The second kappa shape index (κ2) is 3.87. The number of nitrogens with one attached hydrogen (secondary N) is 1. The zero-order chi connectivity index (χ0) is 12.6. The molecule has 1 aromatic heterocycles. The normalized spacial score (nSPS) is 11.8. The SMILES string of the molecule is Cc1c(-c2ccc(F)cc2)n[nH]c1C(F)(F)F. The average Bonchev–Trinajstić information content (AvgIpc) is 2.61. The Kier molecular flexibility index (Phi) is 2.65. The largest absolute Gasteiger partial charge is 0.433 e. The van der Waals surface area contributed by atoms with Crippen molar-refractivity contribution in [1.29, 1.82) is 0 Å². The molecular formula is C11H8F4N2. The van der Waals surface area contributed by atoms with Crippen LogP contribution in [0.1, 0.15) is 11.3 Å². The van der Waals surface area contributed by atoms with E-state index < -0.39 is 17.7 Å². The maximum atomic E-state index is 12.7. The molecule has 0 unspecified atom stereocenters. The maximum absolute atomic E-state index is 12.7. The van der Waals surface area contributed by atoms with Gasteiger partial charge in [0.2, 0.25) is 0 Å². The Bertz CT molecular complexity index is 525. The number of aromatic nitrogens is 2. The fourth-order valence-electron chi connectivity index (χ4n) is 1.56. The first-order valence-electron chi connectivity index (χ1n) is 4.77. The number of H-pyrrole nitrogens is 1. The lowest BCUT2D eigenvalue weighted by atomic mass is 10.1. The molecule has 0 amide bonds. The third kappa shape index (κ3) is 2.15. The van der Waals surface area contributed by atoms with Gasteiger partial charge in [0.05, 0.1) is 5.69 Å². The van der Waals surface area contributed by atoms with E-state index in [4.69, 9.17) is 0 Å². The molecule has 1 heterocycles. The van der Waals surface area contributed by atoms with Gasteiger partial charge >= 0.3 is 6.18 Å². The molecule has 0 spiro atoms. The third-order valence-electron chi connectivity index (χ3n) is 2.41. The van der Waals surface area contributed by atoms with Crippen LogP contribution in [0.3, 0.4) is 0 Å². The van der Waals surface area contributed by atoms with Crippen LogP contribution in [-0.2, 0) is 6.18 Å². The Morgan fingerprint density at radius 1 is 1.12 bits per heavy atom. The highest BCUT2D eigenvalue weighted by Gasteiger charge is 2.35. The molecule has 0 saturated carbocycles. The summed E-state index contributed by atoms with van der Waals surface area (Å²) in [5.74, 6) is -0.446. The standard InChI is InChI=1S/C11H8F4N2/c1-6-9(7-2-4-8(12)5-3-7)16-17-10(6)11(13,14)15/h2-5H,1H3,(H,16,17). The van der Waals surface area contributed by atoms with Crippen LogP contribution in [0, 0.1) is 12.7 Å². The van der Waals surface area contributed by atoms with Crippen molar-refractivity contribution in [2.45, 2.75) is 13.1 Å². The summed E-state index contributed by atoms with van der Waals surface area (Å²) >= 11 is 0. The Labute approximate surface area is 94.3 Å². The van der Waals surface area contributed by atoms with Crippen LogP contribution in [0.2, 0.25) is 0 Å². The van der Waals surface area contributed by atoms with Crippen molar-refractivity contribution in [1.82, 2.24) is 10.2 Å². The highest BCUT2D eigenvalue weighted by molar-refractivity contribution is 5.63. The van der Waals surface area contributed by atoms with Crippen molar-refractivity contribution in [3.05, 3.63) is 41.3 Å². The van der Waals surface area contributed by atoms with Crippen molar-refractivity contribution in [2.24, 2.45) is 0 Å². The van der Waals surface area contributed by atoms with E-state index in [1.807, 2.05) is 5.10 Å². The number of halogens is 4. The minimum Gasteiger partial charge on any atom is -0.273 e. The van der Waals surface area contributed by atoms with Gasteiger partial charge in [0.15, 0.2) is 0 Å². The van der Waals surface area contributed by atoms with E-state index in [9.17, 15) is 17.6 Å². The number of rotatable bonds is 1. The number of aromatic amines is 1. The maximum Gasteiger partial charge on any atom is 0.433 e. The first kappa shape index (κ1) is 11.6. The van der Waals surface area contributed by atoms with E-state index in [2.05, 4.69) is 5.10 Å². The Hall–Kier alpha value is -1.85. The molecule has 0 fully saturated rings. The fraction of sp³-hybridized carbons (Fsp3) is 0.182. The highest BCUT2D eigenvalue weighted by Crippen LogP contribution is 2.34. The van der Waals surface area contributed by atoms with Crippen LogP contribution in [0.15, 0.2) is 24.3 Å². The molecule has 2 rings (SSSR count). The summed E-state index contributed by atoms with van der Waals surface area (Å²) < 4.78 is 50.2. The summed E-state index contributed by atoms with van der Waals surface area (Å²) in [5, 5.41) is 5.57. The molecule has 17 heavy (non-hydrogen) atoms. The quantitative estimate of drug-likeness (QED) is 0.763. The van der Waals surface area contributed by atoms with E-state index >= 15 is 0 Å². The zero-order valence-corrected chi connectivity index (χ0v) is 8.77. The van der Waals surface area contributed by atoms with E-state index in [0.717, 1.165) is 0 Å². The molecule has 0 radical (unpaired) electrons. The van der Waals surface area contributed by atoms with E-state index in [1.165, 1.54) is 31.2 Å². The van der Waals surface area contributed by atoms with Gasteiger partial charge in [-0.25, -0.2) is 4.39 Å². The van der Waals surface area contributed by atoms with Gasteiger partial charge in [-0.05, 0) is 31.2 Å². The number of hydrogen-bond donors (Lipinski definition) is 1. The molecule has 0 saturated heterocycles. The van der Waals surface area contributed by atoms with E-state index in [0.29, 0.717) is 5.56 Å². The summed E-state index contributed by atoms with van der Waals surface area (Å²) in [6, 6.07) is 5.13. The minimum absolute atomic E-state index is 0.00380. The van der Waals surface area contributed by atoms with Gasteiger partial charge in [-0.15, -0.1) is 0 Å². The Morgan fingerprint density at radius 2 is 1.71 bits per heavy atom. The lowest BCUT2D eigenvalue weighted by Crippen LogP contribution is -2.07. The van der Waals surface area contributed by atoms with Gasteiger partial charge in [0.25, 0.3) is 0 Å². The van der Waals surface area contributed by atoms with Crippen LogP contribution in [0.25, 0.3) is 11.3 Å². The molecule has 2 nitrogen and oxygen atoms in total. The van der Waals surface area contributed by atoms with Crippen molar-refractivity contribution in [3.63, 3.8) is 0 Å². The number of alkyl halides is 3. The first-order valence-corrected chi connectivity index (χ1v) is 4.77. The molecular weight excluding hydrogens is 236 g/mol. The zero-order valence-electron chi connectivity index (χ0n) is 8.77. The minimum atomic E-state index is -4.46. The Balaban J connectivity index is 2.48. The number of nitrogens with zero attached hydrogens (tertiary/aromatic N) is 1. The summed E-state index contributed by atoms with van der Waals surface area (Å²) in [5.41, 5.74) is -0.256. The predicted octanol–water partition coefficient (Wildman–Crippen LogP) is 3.54. The van der Waals surface area contributed by atoms with Crippen molar-refractivity contribution in [3.8, 4) is 11.3 Å². The topological polar surface area (TPSA) is 28.7 Å². The molecule has 1 N–H and O–H groups in total. The van der Waals surface area contributed by atoms with Crippen molar-refractivity contribution in [2.75, 3.05) is 0 Å². The molecule has 0 atom stereocenters.